The van der Waals surface area contributed by atoms with Crippen LogP contribution in [-0.4, -0.2) is 17.2 Å². The fraction of sp³-hybridized carbons (Fsp3) is 0.143. The number of anilines is 1. The molecule has 0 aliphatic heterocycles. The zero-order valence-electron chi connectivity index (χ0n) is 10.6. The summed E-state index contributed by atoms with van der Waals surface area (Å²) >= 11 is 5.23. The lowest BCUT2D eigenvalue weighted by molar-refractivity contribution is 0.415. The Balaban J connectivity index is 1.83. The van der Waals surface area contributed by atoms with E-state index in [9.17, 15) is 0 Å². The Morgan fingerprint density at radius 3 is 2.47 bits per heavy atom. The van der Waals surface area contributed by atoms with Crippen LogP contribution in [0.15, 0.2) is 48.8 Å². The molecule has 0 saturated heterocycles. The molecule has 4 nitrogen and oxygen atoms in total. The maximum atomic E-state index is 5.23. The summed E-state index contributed by atoms with van der Waals surface area (Å²) in [7, 11) is 1.64. The summed E-state index contributed by atoms with van der Waals surface area (Å²) in [6.07, 6.45) is 3.52. The molecule has 0 amide bonds. The summed E-state index contributed by atoms with van der Waals surface area (Å²) < 4.78 is 5.10. The Labute approximate surface area is 117 Å². The summed E-state index contributed by atoms with van der Waals surface area (Å²) in [5, 5.41) is 6.84. The number of hydrogen-bond acceptors (Lipinski definition) is 3. The van der Waals surface area contributed by atoms with E-state index in [2.05, 4.69) is 15.6 Å². The van der Waals surface area contributed by atoms with Crippen molar-refractivity contribution in [1.82, 2.24) is 10.3 Å². The highest BCUT2D eigenvalue weighted by molar-refractivity contribution is 7.80. The van der Waals surface area contributed by atoms with Crippen LogP contribution in [0.25, 0.3) is 0 Å². The van der Waals surface area contributed by atoms with Crippen molar-refractivity contribution in [2.24, 2.45) is 0 Å². The highest BCUT2D eigenvalue weighted by Gasteiger charge is 1.98. The molecule has 0 unspecified atom stereocenters. The molecular formula is C14H15N3OS. The predicted molar refractivity (Wildman–Crippen MR) is 80.3 cm³/mol. The van der Waals surface area contributed by atoms with Gasteiger partial charge >= 0.3 is 0 Å². The smallest absolute Gasteiger partial charge is 0.171 e. The van der Waals surface area contributed by atoms with Gasteiger partial charge in [0.2, 0.25) is 0 Å². The van der Waals surface area contributed by atoms with Crippen molar-refractivity contribution >= 4 is 23.0 Å². The fourth-order valence-corrected chi connectivity index (χ4v) is 1.72. The largest absolute Gasteiger partial charge is 0.497 e. The van der Waals surface area contributed by atoms with Gasteiger partial charge in [-0.05, 0) is 54.2 Å². The first-order chi connectivity index (χ1) is 9.28. The second kappa shape index (κ2) is 6.70. The number of methoxy groups -OCH3 is 1. The van der Waals surface area contributed by atoms with Crippen LogP contribution in [0.4, 0.5) is 5.69 Å². The number of nitrogens with zero attached hydrogens (tertiary/aromatic N) is 1. The molecule has 1 heterocycles. The molecule has 5 heteroatoms. The highest BCUT2D eigenvalue weighted by atomic mass is 32.1. The fourth-order valence-electron chi connectivity index (χ4n) is 1.53. The molecule has 2 N–H and O–H groups in total. The molecule has 0 saturated carbocycles. The van der Waals surface area contributed by atoms with E-state index in [1.807, 2.05) is 36.4 Å². The predicted octanol–water partition coefficient (Wildman–Crippen LogP) is 2.58. The van der Waals surface area contributed by atoms with Gasteiger partial charge in [-0.15, -0.1) is 0 Å². The Kier molecular flexibility index (Phi) is 4.69. The highest BCUT2D eigenvalue weighted by Crippen LogP contribution is 2.14. The van der Waals surface area contributed by atoms with Gasteiger partial charge in [-0.1, -0.05) is 0 Å². The average Bonchev–Trinajstić information content (AvgIpc) is 2.47. The van der Waals surface area contributed by atoms with Gasteiger partial charge in [-0.2, -0.15) is 0 Å². The molecule has 0 atom stereocenters. The molecular weight excluding hydrogens is 258 g/mol. The molecule has 0 fully saturated rings. The van der Waals surface area contributed by atoms with Crippen molar-refractivity contribution in [2.45, 2.75) is 6.54 Å². The molecule has 1 aromatic heterocycles. The molecule has 0 bridgehead atoms. The Hall–Kier alpha value is -2.14. The number of aromatic nitrogens is 1. The Morgan fingerprint density at radius 1 is 1.16 bits per heavy atom. The third-order valence-electron chi connectivity index (χ3n) is 2.55. The summed E-state index contributed by atoms with van der Waals surface area (Å²) in [5.41, 5.74) is 2.06. The van der Waals surface area contributed by atoms with Gasteiger partial charge in [-0.25, -0.2) is 0 Å². The standard InChI is InChI=1S/C14H15N3OS/c1-18-13-4-2-12(3-5-13)17-14(19)16-10-11-6-8-15-9-7-11/h2-9H,10H2,1H3,(H2,16,17,19). The van der Waals surface area contributed by atoms with Crippen LogP contribution in [0.1, 0.15) is 5.56 Å². The van der Waals surface area contributed by atoms with Crippen molar-refractivity contribution < 1.29 is 4.74 Å². The quantitative estimate of drug-likeness (QED) is 0.838. The normalized spacial score (nSPS) is 9.74. The summed E-state index contributed by atoms with van der Waals surface area (Å²) in [6, 6.07) is 11.5. The molecule has 0 spiro atoms. The molecule has 1 aromatic carbocycles. The monoisotopic (exact) mass is 273 g/mol. The van der Waals surface area contributed by atoms with Crippen LogP contribution in [0.3, 0.4) is 0 Å². The SMILES string of the molecule is COc1ccc(NC(=S)NCc2ccncc2)cc1. The van der Waals surface area contributed by atoms with Gasteiger partial charge in [0, 0.05) is 24.6 Å². The van der Waals surface area contributed by atoms with Gasteiger partial charge in [0.25, 0.3) is 0 Å². The van der Waals surface area contributed by atoms with Crippen molar-refractivity contribution in [1.29, 1.82) is 0 Å². The first-order valence-corrected chi connectivity index (χ1v) is 6.26. The van der Waals surface area contributed by atoms with Crippen molar-refractivity contribution in [2.75, 3.05) is 12.4 Å². The summed E-state index contributed by atoms with van der Waals surface area (Å²) in [5.74, 6) is 0.821. The van der Waals surface area contributed by atoms with E-state index in [1.165, 1.54) is 0 Å². The first-order valence-electron chi connectivity index (χ1n) is 5.86. The number of thiocarbonyl (C=S) groups is 1. The van der Waals surface area contributed by atoms with Crippen molar-refractivity contribution in [3.8, 4) is 5.75 Å². The number of hydrogen-bond donors (Lipinski definition) is 2. The third-order valence-corrected chi connectivity index (χ3v) is 2.80. The zero-order chi connectivity index (χ0) is 13.5. The van der Waals surface area contributed by atoms with Crippen LogP contribution in [0, 0.1) is 0 Å². The lowest BCUT2D eigenvalue weighted by atomic mass is 10.3. The van der Waals surface area contributed by atoms with Gasteiger partial charge in [0.15, 0.2) is 5.11 Å². The minimum absolute atomic E-state index is 0.585. The van der Waals surface area contributed by atoms with Gasteiger partial charge in [0.1, 0.15) is 5.75 Å². The molecule has 98 valence electrons. The molecule has 2 aromatic rings. The van der Waals surface area contributed by atoms with Crippen LogP contribution in [-0.2, 0) is 6.54 Å². The van der Waals surface area contributed by atoms with E-state index < -0.39 is 0 Å². The van der Waals surface area contributed by atoms with E-state index in [0.29, 0.717) is 11.7 Å². The number of rotatable bonds is 4. The zero-order valence-corrected chi connectivity index (χ0v) is 11.4. The lowest BCUT2D eigenvalue weighted by Gasteiger charge is -2.10. The maximum absolute atomic E-state index is 5.23. The van der Waals surface area contributed by atoms with Crippen molar-refractivity contribution in [3.05, 3.63) is 54.4 Å². The van der Waals surface area contributed by atoms with E-state index in [0.717, 1.165) is 17.0 Å². The minimum Gasteiger partial charge on any atom is -0.497 e. The third kappa shape index (κ3) is 4.22. The van der Waals surface area contributed by atoms with Gasteiger partial charge in [-0.3, -0.25) is 4.98 Å². The first kappa shape index (κ1) is 13.3. The van der Waals surface area contributed by atoms with E-state index in [1.54, 1.807) is 19.5 Å². The van der Waals surface area contributed by atoms with Crippen molar-refractivity contribution in [3.63, 3.8) is 0 Å². The van der Waals surface area contributed by atoms with E-state index in [-0.39, 0.29) is 0 Å². The second-order valence-corrected chi connectivity index (χ2v) is 4.30. The molecule has 0 radical (unpaired) electrons. The van der Waals surface area contributed by atoms with Crippen LogP contribution in [0.5, 0.6) is 5.75 Å². The second-order valence-electron chi connectivity index (χ2n) is 3.89. The van der Waals surface area contributed by atoms with Crippen LogP contribution < -0.4 is 15.4 Å². The molecule has 19 heavy (non-hydrogen) atoms. The average molecular weight is 273 g/mol. The number of nitrogens with one attached hydrogen (secondary N) is 2. The molecule has 2 rings (SSSR count). The molecule has 0 aliphatic rings. The number of pyridine rings is 1. The molecule has 0 aliphatic carbocycles. The Morgan fingerprint density at radius 2 is 1.84 bits per heavy atom. The Bertz CT molecular complexity index is 528. The summed E-state index contributed by atoms with van der Waals surface area (Å²) in [6.45, 7) is 0.671. The van der Waals surface area contributed by atoms with Crippen LogP contribution >= 0.6 is 12.2 Å². The number of ether oxygens (including phenoxy) is 1. The van der Waals surface area contributed by atoms with Gasteiger partial charge < -0.3 is 15.4 Å². The number of benzene rings is 1. The van der Waals surface area contributed by atoms with E-state index in [4.69, 9.17) is 17.0 Å². The van der Waals surface area contributed by atoms with Gasteiger partial charge in [0.05, 0.1) is 7.11 Å². The summed E-state index contributed by atoms with van der Waals surface area (Å²) in [4.78, 5) is 3.97. The van der Waals surface area contributed by atoms with Crippen LogP contribution in [0.2, 0.25) is 0 Å². The van der Waals surface area contributed by atoms with E-state index >= 15 is 0 Å². The topological polar surface area (TPSA) is 46.2 Å². The minimum atomic E-state index is 0.585. The maximum Gasteiger partial charge on any atom is 0.171 e. The lowest BCUT2D eigenvalue weighted by Crippen LogP contribution is -2.27.